The Hall–Kier alpha value is -1.60. The van der Waals surface area contributed by atoms with Crippen LogP contribution in [0.1, 0.15) is 0 Å². The summed E-state index contributed by atoms with van der Waals surface area (Å²) in [5, 5.41) is 51.8. The Balaban J connectivity index is 0.000000433. The highest BCUT2D eigenvalue weighted by atomic mass is 32.2. The Morgan fingerprint density at radius 3 is 1.78 bits per heavy atom. The smallest absolute Gasteiger partial charge is 0.335 e. The monoisotopic (exact) mass is 354 g/mol. The fourth-order valence-corrected chi connectivity index (χ4v) is 1.76. The SMILES string of the molecule is O=C(O)C(O)C(O)C(O)C(O)CO.O=S(=O)(O)c1ccccc1. The molecule has 11 heteroatoms. The zero-order chi connectivity index (χ0) is 18.2. The van der Waals surface area contributed by atoms with E-state index >= 15 is 0 Å². The Kier molecular flexibility index (Phi) is 8.86. The van der Waals surface area contributed by atoms with Crippen molar-refractivity contribution in [2.75, 3.05) is 6.61 Å². The standard InChI is InChI=1S/C6H12O7.C6H6O3S/c7-1-2(8)3(9)4(10)5(11)6(12)13;7-10(8,9)6-4-2-1-3-5-6/h2-5,7-11H,1H2,(H,12,13);1-5H,(H,7,8,9). The largest absolute Gasteiger partial charge is 0.479 e. The van der Waals surface area contributed by atoms with Gasteiger partial charge in [-0.15, -0.1) is 0 Å². The van der Waals surface area contributed by atoms with E-state index in [1.807, 2.05) is 0 Å². The summed E-state index contributed by atoms with van der Waals surface area (Å²) >= 11 is 0. The van der Waals surface area contributed by atoms with Gasteiger partial charge in [0.15, 0.2) is 6.10 Å². The molecule has 132 valence electrons. The fourth-order valence-electron chi connectivity index (χ4n) is 1.26. The summed E-state index contributed by atoms with van der Waals surface area (Å²) in [7, 11) is -4.00. The van der Waals surface area contributed by atoms with E-state index in [1.54, 1.807) is 18.2 Å². The molecule has 23 heavy (non-hydrogen) atoms. The van der Waals surface area contributed by atoms with Gasteiger partial charge in [0, 0.05) is 0 Å². The van der Waals surface area contributed by atoms with E-state index in [0.29, 0.717) is 0 Å². The molecule has 0 radical (unpaired) electrons. The van der Waals surface area contributed by atoms with E-state index in [0.717, 1.165) is 0 Å². The molecular weight excluding hydrogens is 336 g/mol. The Morgan fingerprint density at radius 1 is 1.00 bits per heavy atom. The molecule has 7 N–H and O–H groups in total. The van der Waals surface area contributed by atoms with Gasteiger partial charge >= 0.3 is 5.97 Å². The predicted octanol–water partition coefficient (Wildman–Crippen LogP) is -2.56. The van der Waals surface area contributed by atoms with E-state index < -0.39 is 47.1 Å². The highest BCUT2D eigenvalue weighted by Gasteiger charge is 2.33. The van der Waals surface area contributed by atoms with Crippen molar-refractivity contribution < 1.29 is 48.4 Å². The lowest BCUT2D eigenvalue weighted by Crippen LogP contribution is -2.48. The van der Waals surface area contributed by atoms with Gasteiger partial charge in [-0.25, -0.2) is 4.79 Å². The van der Waals surface area contributed by atoms with Crippen LogP contribution in [0.25, 0.3) is 0 Å². The van der Waals surface area contributed by atoms with Crippen LogP contribution in [0.3, 0.4) is 0 Å². The highest BCUT2D eigenvalue weighted by Crippen LogP contribution is 2.05. The average molecular weight is 354 g/mol. The van der Waals surface area contributed by atoms with Crippen molar-refractivity contribution in [1.82, 2.24) is 0 Å². The van der Waals surface area contributed by atoms with Gasteiger partial charge < -0.3 is 30.6 Å². The molecule has 4 atom stereocenters. The van der Waals surface area contributed by atoms with E-state index in [2.05, 4.69) is 0 Å². The van der Waals surface area contributed by atoms with Crippen molar-refractivity contribution in [3.05, 3.63) is 30.3 Å². The normalized spacial score (nSPS) is 16.4. The lowest BCUT2D eigenvalue weighted by molar-refractivity contribution is -0.164. The zero-order valence-electron chi connectivity index (χ0n) is 11.7. The molecule has 0 spiro atoms. The first-order valence-electron chi connectivity index (χ1n) is 6.10. The first-order valence-corrected chi connectivity index (χ1v) is 7.54. The van der Waals surface area contributed by atoms with Crippen molar-refractivity contribution in [1.29, 1.82) is 0 Å². The summed E-state index contributed by atoms with van der Waals surface area (Å²) in [4.78, 5) is 10.0. The number of benzene rings is 1. The van der Waals surface area contributed by atoms with Crippen molar-refractivity contribution in [3.63, 3.8) is 0 Å². The third kappa shape index (κ3) is 7.47. The molecule has 1 rings (SSSR count). The molecular formula is C12H18O10S. The molecule has 0 heterocycles. The summed E-state index contributed by atoms with van der Waals surface area (Å²) in [5.41, 5.74) is 0. The fraction of sp³-hybridized carbons (Fsp3) is 0.417. The van der Waals surface area contributed by atoms with Crippen LogP contribution in [0, 0.1) is 0 Å². The maximum Gasteiger partial charge on any atom is 0.335 e. The minimum atomic E-state index is -4.00. The predicted molar refractivity (Wildman–Crippen MR) is 75.0 cm³/mol. The molecule has 0 aliphatic carbocycles. The second-order valence-electron chi connectivity index (χ2n) is 4.30. The molecule has 0 aliphatic heterocycles. The minimum absolute atomic E-state index is 0.0741. The molecule has 4 unspecified atom stereocenters. The van der Waals surface area contributed by atoms with E-state index in [9.17, 15) is 13.2 Å². The highest BCUT2D eigenvalue weighted by molar-refractivity contribution is 7.85. The van der Waals surface area contributed by atoms with Crippen LogP contribution in [0.2, 0.25) is 0 Å². The lowest BCUT2D eigenvalue weighted by Gasteiger charge is -2.23. The quantitative estimate of drug-likeness (QED) is 0.267. The van der Waals surface area contributed by atoms with Crippen LogP contribution >= 0.6 is 0 Å². The maximum atomic E-state index is 10.4. The van der Waals surface area contributed by atoms with Crippen molar-refractivity contribution in [3.8, 4) is 0 Å². The number of hydrogen-bond donors (Lipinski definition) is 7. The Labute approximate surface area is 131 Å². The Bertz CT molecular complexity index is 573. The number of hydrogen-bond acceptors (Lipinski definition) is 8. The average Bonchev–Trinajstić information content (AvgIpc) is 2.52. The molecule has 0 saturated heterocycles. The van der Waals surface area contributed by atoms with E-state index in [1.165, 1.54) is 12.1 Å². The number of aliphatic hydroxyl groups is 5. The summed E-state index contributed by atoms with van der Waals surface area (Å²) in [6, 6.07) is 7.42. The number of rotatable bonds is 6. The molecule has 0 bridgehead atoms. The number of carboxylic acid groups (broad SMARTS) is 1. The zero-order valence-corrected chi connectivity index (χ0v) is 12.5. The summed E-state index contributed by atoms with van der Waals surface area (Å²) in [6.45, 7) is -0.843. The van der Waals surface area contributed by atoms with Crippen molar-refractivity contribution >= 4 is 16.1 Å². The van der Waals surface area contributed by atoms with E-state index in [4.69, 9.17) is 35.2 Å². The first kappa shape index (κ1) is 21.4. The van der Waals surface area contributed by atoms with Crippen LogP contribution in [0.4, 0.5) is 0 Å². The summed E-state index contributed by atoms with van der Waals surface area (Å²) in [6.07, 6.45) is -7.84. The topological polar surface area (TPSA) is 193 Å². The molecule has 0 saturated carbocycles. The van der Waals surface area contributed by atoms with Crippen molar-refractivity contribution in [2.45, 2.75) is 29.3 Å². The maximum absolute atomic E-state index is 10.4. The molecule has 1 aromatic carbocycles. The third-order valence-electron chi connectivity index (χ3n) is 2.55. The van der Waals surface area contributed by atoms with Gasteiger partial charge in [-0.2, -0.15) is 8.42 Å². The first-order chi connectivity index (χ1) is 10.5. The molecule has 0 aliphatic rings. The van der Waals surface area contributed by atoms with Crippen LogP contribution < -0.4 is 0 Å². The van der Waals surface area contributed by atoms with Gasteiger partial charge in [0.2, 0.25) is 0 Å². The number of carbonyl (C=O) groups is 1. The number of carboxylic acids is 1. The van der Waals surface area contributed by atoms with Gasteiger partial charge in [0.25, 0.3) is 10.1 Å². The number of aliphatic carboxylic acids is 1. The Morgan fingerprint density at radius 2 is 1.48 bits per heavy atom. The van der Waals surface area contributed by atoms with Gasteiger partial charge in [0.1, 0.15) is 18.3 Å². The van der Waals surface area contributed by atoms with Crippen LogP contribution in [0.5, 0.6) is 0 Å². The molecule has 0 amide bonds. The second-order valence-corrected chi connectivity index (χ2v) is 5.72. The van der Waals surface area contributed by atoms with Gasteiger partial charge in [-0.1, -0.05) is 18.2 Å². The van der Waals surface area contributed by atoms with Crippen LogP contribution in [-0.4, -0.2) is 80.6 Å². The third-order valence-corrected chi connectivity index (χ3v) is 3.42. The lowest BCUT2D eigenvalue weighted by atomic mass is 10.0. The molecule has 10 nitrogen and oxygen atoms in total. The second kappa shape index (κ2) is 9.52. The van der Waals surface area contributed by atoms with Crippen molar-refractivity contribution in [2.24, 2.45) is 0 Å². The summed E-state index contributed by atoms with van der Waals surface area (Å²) in [5.74, 6) is -1.73. The molecule has 1 aromatic rings. The van der Waals surface area contributed by atoms with Gasteiger partial charge in [0.05, 0.1) is 11.5 Å². The molecule has 0 fully saturated rings. The van der Waals surface area contributed by atoms with Gasteiger partial charge in [-0.3, -0.25) is 4.55 Å². The summed E-state index contributed by atoms with van der Waals surface area (Å²) < 4.78 is 29.2. The minimum Gasteiger partial charge on any atom is -0.479 e. The van der Waals surface area contributed by atoms with E-state index in [-0.39, 0.29) is 4.90 Å². The molecule has 0 aromatic heterocycles. The van der Waals surface area contributed by atoms with Crippen LogP contribution in [-0.2, 0) is 14.9 Å². The van der Waals surface area contributed by atoms with Gasteiger partial charge in [-0.05, 0) is 12.1 Å². The van der Waals surface area contributed by atoms with Crippen LogP contribution in [0.15, 0.2) is 35.2 Å². The number of aliphatic hydroxyl groups excluding tert-OH is 5.